The Kier molecular flexibility index (Phi) is 1.92. The van der Waals surface area contributed by atoms with Gasteiger partial charge in [-0.1, -0.05) is 0 Å². The van der Waals surface area contributed by atoms with Gasteiger partial charge in [-0.05, 0) is 36.8 Å². The summed E-state index contributed by atoms with van der Waals surface area (Å²) in [6.45, 7) is 1.80. The predicted molar refractivity (Wildman–Crippen MR) is 67.5 cm³/mol. The van der Waals surface area contributed by atoms with Crippen molar-refractivity contribution in [2.45, 2.75) is 31.1 Å². The van der Waals surface area contributed by atoms with Crippen LogP contribution in [0.3, 0.4) is 0 Å². The van der Waals surface area contributed by atoms with Gasteiger partial charge in [-0.25, -0.2) is 0 Å². The van der Waals surface area contributed by atoms with Crippen molar-refractivity contribution in [3.8, 4) is 0 Å². The minimum atomic E-state index is 0.742. The van der Waals surface area contributed by atoms with Crippen LogP contribution in [-0.2, 0) is 0 Å². The van der Waals surface area contributed by atoms with Gasteiger partial charge in [-0.15, -0.1) is 0 Å². The van der Waals surface area contributed by atoms with Crippen molar-refractivity contribution in [2.75, 3.05) is 18.4 Å². The molecule has 2 bridgehead atoms. The van der Waals surface area contributed by atoms with Gasteiger partial charge in [-0.3, -0.25) is 9.98 Å². The summed E-state index contributed by atoms with van der Waals surface area (Å²) in [6.07, 6.45) is 5.96. The van der Waals surface area contributed by atoms with Crippen LogP contribution in [0.4, 0.5) is 5.69 Å². The first-order valence-corrected chi connectivity index (χ1v) is 6.45. The van der Waals surface area contributed by atoms with Crippen LogP contribution in [0.15, 0.2) is 17.3 Å². The highest BCUT2D eigenvalue weighted by Crippen LogP contribution is 2.52. The molecule has 2 atom stereocenters. The van der Waals surface area contributed by atoms with E-state index in [-0.39, 0.29) is 0 Å². The number of hydrogen-bond acceptors (Lipinski definition) is 4. The third kappa shape index (κ3) is 1.43. The Morgan fingerprint density at radius 2 is 2.24 bits per heavy atom. The second kappa shape index (κ2) is 3.45. The van der Waals surface area contributed by atoms with E-state index < -0.39 is 0 Å². The molecule has 88 valence electrons. The molecule has 0 amide bonds. The molecule has 4 nitrogen and oxygen atoms in total. The minimum Gasteiger partial charge on any atom is -0.354 e. The molecule has 1 aromatic rings. The third-order valence-electron chi connectivity index (χ3n) is 4.15. The first-order valence-electron chi connectivity index (χ1n) is 6.45. The van der Waals surface area contributed by atoms with Crippen LogP contribution in [0, 0.1) is 0 Å². The zero-order valence-corrected chi connectivity index (χ0v) is 9.74. The molecule has 1 aromatic heterocycles. The van der Waals surface area contributed by atoms with Gasteiger partial charge in [0.05, 0.1) is 18.4 Å². The number of fused-ring (bicyclic) bond motifs is 5. The van der Waals surface area contributed by atoms with Gasteiger partial charge >= 0.3 is 0 Å². The molecule has 0 saturated heterocycles. The monoisotopic (exact) mass is 228 g/mol. The lowest BCUT2D eigenvalue weighted by Gasteiger charge is -2.15. The van der Waals surface area contributed by atoms with Crippen molar-refractivity contribution in [3.05, 3.63) is 23.5 Å². The topological polar surface area (TPSA) is 49.3 Å². The average Bonchev–Trinajstić information content (AvgIpc) is 3.04. The fraction of sp³-hybridized carbons (Fsp3) is 0.538. The van der Waals surface area contributed by atoms with Gasteiger partial charge in [-0.2, -0.15) is 0 Å². The molecule has 17 heavy (non-hydrogen) atoms. The van der Waals surface area contributed by atoms with Crippen LogP contribution in [-0.4, -0.2) is 24.0 Å². The van der Waals surface area contributed by atoms with Crippen molar-refractivity contribution in [1.82, 2.24) is 10.3 Å². The van der Waals surface area contributed by atoms with E-state index >= 15 is 0 Å². The Balaban J connectivity index is 1.64. The van der Waals surface area contributed by atoms with Crippen molar-refractivity contribution in [1.29, 1.82) is 0 Å². The number of hydrogen-bond donors (Lipinski definition) is 2. The molecular weight excluding hydrogens is 212 g/mol. The number of aliphatic imine (C=N–C) groups is 1. The maximum absolute atomic E-state index is 4.64. The number of pyridine rings is 1. The van der Waals surface area contributed by atoms with Gasteiger partial charge in [0, 0.05) is 18.2 Å². The smallest absolute Gasteiger partial charge is 0.195 e. The standard InChI is InChI=1S/C13H16N4/c1-2-9-5-8(1)11-6-10(7-16-12(9)11)17-13-14-3-4-15-13/h6-9H,1-5H2,(H2,14,15,17). The zero-order chi connectivity index (χ0) is 11.2. The molecular formula is C13H16N4. The van der Waals surface area contributed by atoms with Crippen LogP contribution < -0.4 is 10.6 Å². The van der Waals surface area contributed by atoms with Crippen LogP contribution in [0.25, 0.3) is 0 Å². The van der Waals surface area contributed by atoms with Crippen molar-refractivity contribution >= 4 is 11.6 Å². The van der Waals surface area contributed by atoms with E-state index in [1.54, 1.807) is 0 Å². The SMILES string of the molecule is c1nc2c(cc1NC1=NCCN1)C1CCC2C1. The fourth-order valence-electron chi connectivity index (χ4n) is 3.36. The van der Waals surface area contributed by atoms with Crippen LogP contribution in [0.2, 0.25) is 0 Å². The molecule has 4 heteroatoms. The maximum atomic E-state index is 4.64. The molecule has 0 spiro atoms. The average molecular weight is 228 g/mol. The Labute approximate surface area is 101 Å². The van der Waals surface area contributed by atoms with Gasteiger partial charge in [0.2, 0.25) is 0 Å². The molecule has 1 saturated carbocycles. The molecule has 0 radical (unpaired) electrons. The maximum Gasteiger partial charge on any atom is 0.195 e. The van der Waals surface area contributed by atoms with Gasteiger partial charge in [0.25, 0.3) is 0 Å². The summed E-state index contributed by atoms with van der Waals surface area (Å²) in [5.74, 6) is 2.39. The number of nitrogens with zero attached hydrogens (tertiary/aromatic N) is 2. The van der Waals surface area contributed by atoms with Crippen LogP contribution in [0.1, 0.15) is 42.4 Å². The van der Waals surface area contributed by atoms with E-state index in [1.165, 1.54) is 30.5 Å². The third-order valence-corrected chi connectivity index (χ3v) is 4.15. The van der Waals surface area contributed by atoms with E-state index in [0.717, 1.165) is 36.6 Å². The Bertz CT molecular complexity index is 494. The van der Waals surface area contributed by atoms with E-state index in [2.05, 4.69) is 26.7 Å². The fourth-order valence-corrected chi connectivity index (χ4v) is 3.36. The lowest BCUT2D eigenvalue weighted by molar-refractivity contribution is 0.697. The largest absolute Gasteiger partial charge is 0.354 e. The summed E-state index contributed by atoms with van der Waals surface area (Å²) >= 11 is 0. The molecule has 2 heterocycles. The van der Waals surface area contributed by atoms with Crippen LogP contribution >= 0.6 is 0 Å². The molecule has 2 N–H and O–H groups in total. The summed E-state index contributed by atoms with van der Waals surface area (Å²) in [5.41, 5.74) is 3.91. The molecule has 3 aliphatic rings. The number of nitrogens with one attached hydrogen (secondary N) is 2. The van der Waals surface area contributed by atoms with Gasteiger partial charge < -0.3 is 10.6 Å². The summed E-state index contributed by atoms with van der Waals surface area (Å²) < 4.78 is 0. The first kappa shape index (κ1) is 9.45. The number of rotatable bonds is 1. The number of aromatic nitrogens is 1. The quantitative estimate of drug-likeness (QED) is 0.770. The highest BCUT2D eigenvalue weighted by molar-refractivity contribution is 5.94. The second-order valence-corrected chi connectivity index (χ2v) is 5.19. The Morgan fingerprint density at radius 3 is 3.12 bits per heavy atom. The van der Waals surface area contributed by atoms with E-state index in [4.69, 9.17) is 0 Å². The summed E-state index contributed by atoms with van der Waals surface area (Å²) in [5, 5.41) is 6.52. The molecule has 2 aliphatic carbocycles. The number of guanidine groups is 1. The van der Waals surface area contributed by atoms with Crippen molar-refractivity contribution in [2.24, 2.45) is 4.99 Å². The normalized spacial score (nSPS) is 28.8. The highest BCUT2D eigenvalue weighted by atomic mass is 15.2. The first-order chi connectivity index (χ1) is 8.40. The van der Waals surface area contributed by atoms with E-state index in [0.29, 0.717) is 0 Å². The summed E-state index contributed by atoms with van der Waals surface area (Å²) in [6, 6.07) is 2.27. The highest BCUT2D eigenvalue weighted by Gasteiger charge is 2.38. The zero-order valence-electron chi connectivity index (χ0n) is 9.74. The van der Waals surface area contributed by atoms with E-state index in [9.17, 15) is 0 Å². The minimum absolute atomic E-state index is 0.742. The van der Waals surface area contributed by atoms with Crippen LogP contribution in [0.5, 0.6) is 0 Å². The number of anilines is 1. The van der Waals surface area contributed by atoms with Crippen molar-refractivity contribution in [3.63, 3.8) is 0 Å². The molecule has 0 aromatic carbocycles. The predicted octanol–water partition coefficient (Wildman–Crippen LogP) is 1.82. The molecule has 1 aliphatic heterocycles. The van der Waals surface area contributed by atoms with Gasteiger partial charge in [0.15, 0.2) is 5.96 Å². The molecule has 2 unspecified atom stereocenters. The van der Waals surface area contributed by atoms with Crippen molar-refractivity contribution < 1.29 is 0 Å². The second-order valence-electron chi connectivity index (χ2n) is 5.19. The molecule has 1 fully saturated rings. The lowest BCUT2D eigenvalue weighted by atomic mass is 9.96. The van der Waals surface area contributed by atoms with Gasteiger partial charge in [0.1, 0.15) is 0 Å². The molecule has 4 rings (SSSR count). The summed E-state index contributed by atoms with van der Waals surface area (Å²) in [4.78, 5) is 8.98. The Morgan fingerprint density at radius 1 is 1.29 bits per heavy atom. The lowest BCUT2D eigenvalue weighted by Crippen LogP contribution is -2.26. The Hall–Kier alpha value is -1.58. The summed E-state index contributed by atoms with van der Waals surface area (Å²) in [7, 11) is 0. The van der Waals surface area contributed by atoms with E-state index in [1.807, 2.05) is 6.20 Å².